The first kappa shape index (κ1) is 26.8. The van der Waals surface area contributed by atoms with Crippen molar-refractivity contribution in [2.24, 2.45) is 0 Å². The van der Waals surface area contributed by atoms with Crippen LogP contribution in [0.1, 0.15) is 81.5 Å². The summed E-state index contributed by atoms with van der Waals surface area (Å²) in [6.07, 6.45) is -0.785. The maximum Gasteiger partial charge on any atom is 0.297 e. The van der Waals surface area contributed by atoms with Gasteiger partial charge in [-0.2, -0.15) is 8.42 Å². The van der Waals surface area contributed by atoms with Gasteiger partial charge in [-0.1, -0.05) is 84.0 Å². The molecule has 1 aliphatic rings. The molecule has 1 saturated heterocycles. The average Bonchev–Trinajstić information content (AvgIpc) is 3.30. The highest BCUT2D eigenvalue weighted by molar-refractivity contribution is 7.86. The lowest BCUT2D eigenvalue weighted by molar-refractivity contribution is -0.242. The fourth-order valence-electron chi connectivity index (χ4n) is 4.36. The van der Waals surface area contributed by atoms with Crippen LogP contribution in [0, 0.1) is 0 Å². The molecular weight excluding hydrogens is 452 g/mol. The van der Waals surface area contributed by atoms with Crippen molar-refractivity contribution in [2.75, 3.05) is 26.9 Å². The van der Waals surface area contributed by atoms with E-state index in [1.165, 1.54) is 7.11 Å². The van der Waals surface area contributed by atoms with Crippen LogP contribution in [0.2, 0.25) is 0 Å². The smallest absolute Gasteiger partial charge is 0.297 e. The molecule has 3 rings (SSSR count). The molecule has 1 atom stereocenters. The van der Waals surface area contributed by atoms with E-state index in [1.807, 2.05) is 70.2 Å². The van der Waals surface area contributed by atoms with Crippen LogP contribution in [0.15, 0.2) is 47.4 Å². The molecule has 7 heteroatoms. The summed E-state index contributed by atoms with van der Waals surface area (Å²) in [5.41, 5.74) is 3.43. The number of ether oxygens (including phenoxy) is 3. The lowest BCUT2D eigenvalue weighted by Gasteiger charge is -2.34. The minimum Gasteiger partial charge on any atom is -0.373 e. The molecule has 0 N–H and O–H groups in total. The van der Waals surface area contributed by atoms with Gasteiger partial charge < -0.3 is 14.2 Å². The number of hydrogen-bond donors (Lipinski definition) is 0. The van der Waals surface area contributed by atoms with Gasteiger partial charge in [-0.15, -0.1) is 0 Å². The third-order valence-electron chi connectivity index (χ3n) is 6.30. The molecule has 0 radical (unpaired) electrons. The second-order valence-electron chi connectivity index (χ2n) is 9.69. The van der Waals surface area contributed by atoms with E-state index in [0.717, 1.165) is 22.3 Å². The molecule has 188 valence electrons. The summed E-state index contributed by atoms with van der Waals surface area (Å²) in [6.45, 7) is 12.8. The van der Waals surface area contributed by atoms with Crippen molar-refractivity contribution in [3.63, 3.8) is 0 Å². The van der Waals surface area contributed by atoms with Crippen molar-refractivity contribution in [1.82, 2.24) is 0 Å². The maximum absolute atomic E-state index is 13.7. The van der Waals surface area contributed by atoms with Crippen LogP contribution in [0.25, 0.3) is 0 Å². The molecule has 0 amide bonds. The Balaban J connectivity index is 2.00. The first-order valence-electron chi connectivity index (χ1n) is 12.0. The lowest BCUT2D eigenvalue weighted by atomic mass is 9.89. The molecular formula is C27H38O6S. The Bertz CT molecular complexity index is 1020. The van der Waals surface area contributed by atoms with Crippen molar-refractivity contribution in [1.29, 1.82) is 0 Å². The minimum absolute atomic E-state index is 0.0138. The third kappa shape index (κ3) is 5.39. The third-order valence-corrected chi connectivity index (χ3v) is 7.72. The molecule has 1 fully saturated rings. The van der Waals surface area contributed by atoms with Gasteiger partial charge in [-0.05, 0) is 34.4 Å². The Kier molecular flexibility index (Phi) is 8.58. The van der Waals surface area contributed by atoms with Crippen molar-refractivity contribution in [3.05, 3.63) is 64.7 Å². The molecule has 1 aliphatic heterocycles. The molecule has 2 aromatic carbocycles. The molecule has 0 spiro atoms. The topological polar surface area (TPSA) is 71.1 Å². The minimum atomic E-state index is -4.09. The molecule has 0 bridgehead atoms. The summed E-state index contributed by atoms with van der Waals surface area (Å²) in [5.74, 6) is -0.915. The summed E-state index contributed by atoms with van der Waals surface area (Å²) in [7, 11) is -2.58. The van der Waals surface area contributed by atoms with Gasteiger partial charge in [0, 0.05) is 12.7 Å². The zero-order chi connectivity index (χ0) is 25.1. The van der Waals surface area contributed by atoms with Crippen LogP contribution in [0.5, 0.6) is 0 Å². The largest absolute Gasteiger partial charge is 0.373 e. The van der Waals surface area contributed by atoms with E-state index in [0.29, 0.717) is 13.2 Å². The van der Waals surface area contributed by atoms with Crippen molar-refractivity contribution >= 4 is 10.1 Å². The van der Waals surface area contributed by atoms with Crippen LogP contribution >= 0.6 is 0 Å². The molecule has 1 unspecified atom stereocenters. The van der Waals surface area contributed by atoms with Crippen LogP contribution < -0.4 is 0 Å². The lowest BCUT2D eigenvalue weighted by Crippen LogP contribution is -2.45. The number of methoxy groups -OCH3 is 1. The Hall–Kier alpha value is -1.77. The number of hydrogen-bond acceptors (Lipinski definition) is 6. The summed E-state index contributed by atoms with van der Waals surface area (Å²) >= 11 is 0. The second kappa shape index (κ2) is 10.9. The van der Waals surface area contributed by atoms with Crippen molar-refractivity contribution < 1.29 is 26.8 Å². The van der Waals surface area contributed by atoms with Gasteiger partial charge >= 0.3 is 0 Å². The van der Waals surface area contributed by atoms with Gasteiger partial charge in [0.15, 0.2) is 0 Å². The van der Waals surface area contributed by atoms with Crippen molar-refractivity contribution in [2.45, 2.75) is 76.1 Å². The highest BCUT2D eigenvalue weighted by Gasteiger charge is 2.47. The normalized spacial score (nSPS) is 17.1. The van der Waals surface area contributed by atoms with Gasteiger partial charge in [0.25, 0.3) is 10.1 Å². The van der Waals surface area contributed by atoms with Crippen LogP contribution in [-0.2, 0) is 34.3 Å². The van der Waals surface area contributed by atoms with Crippen LogP contribution in [0.3, 0.4) is 0 Å². The van der Waals surface area contributed by atoms with Crippen molar-refractivity contribution in [3.8, 4) is 0 Å². The maximum atomic E-state index is 13.7. The summed E-state index contributed by atoms with van der Waals surface area (Å²) in [6, 6.07) is 13.4. The first-order chi connectivity index (χ1) is 16.0. The molecule has 34 heavy (non-hydrogen) atoms. The summed E-state index contributed by atoms with van der Waals surface area (Å²) in [5, 5.41) is 0. The van der Waals surface area contributed by atoms with Gasteiger partial charge in [-0.25, -0.2) is 0 Å². The molecule has 1 heterocycles. The van der Waals surface area contributed by atoms with Gasteiger partial charge in [-0.3, -0.25) is 4.18 Å². The van der Waals surface area contributed by atoms with E-state index in [4.69, 9.17) is 18.4 Å². The monoisotopic (exact) mass is 490 g/mol. The van der Waals surface area contributed by atoms with E-state index < -0.39 is 22.0 Å². The van der Waals surface area contributed by atoms with Gasteiger partial charge in [0.1, 0.15) is 11.0 Å². The Morgan fingerprint density at radius 2 is 1.41 bits per heavy atom. The summed E-state index contributed by atoms with van der Waals surface area (Å²) < 4.78 is 50.7. The zero-order valence-corrected chi connectivity index (χ0v) is 22.1. The molecule has 0 saturated carbocycles. The first-order valence-corrected chi connectivity index (χ1v) is 13.4. The predicted octanol–water partition coefficient (Wildman–Crippen LogP) is 5.68. The van der Waals surface area contributed by atoms with E-state index in [1.54, 1.807) is 0 Å². The molecule has 2 aromatic rings. The molecule has 6 nitrogen and oxygen atoms in total. The van der Waals surface area contributed by atoms with E-state index in [2.05, 4.69) is 13.8 Å². The fourth-order valence-corrected chi connectivity index (χ4v) is 5.95. The van der Waals surface area contributed by atoms with E-state index in [-0.39, 0.29) is 29.3 Å². The summed E-state index contributed by atoms with van der Waals surface area (Å²) in [4.78, 5) is 0.263. The fraction of sp³-hybridized carbons (Fsp3) is 0.556. The molecule has 0 aromatic heterocycles. The van der Waals surface area contributed by atoms with Crippen LogP contribution in [-0.4, -0.2) is 41.5 Å². The SMILES string of the molecule is COC(COS(=O)(=O)c1c(C(C)C)cc(C(C)C)cc1C(C)C)C1(c2ccccc2)OCCO1. The highest BCUT2D eigenvalue weighted by atomic mass is 32.2. The van der Waals surface area contributed by atoms with E-state index >= 15 is 0 Å². The predicted molar refractivity (Wildman–Crippen MR) is 133 cm³/mol. The standard InChI is InChI=1S/C27H38O6S/c1-18(2)21-15-23(19(3)4)26(24(16-21)20(5)6)34(28,29)33-17-25(30-7)27(31-13-14-32-27)22-11-9-8-10-12-22/h8-12,15-16,18-20,25H,13-14,17H2,1-7H3. The average molecular weight is 491 g/mol. The van der Waals surface area contributed by atoms with Gasteiger partial charge in [0.2, 0.25) is 5.79 Å². The van der Waals surface area contributed by atoms with Gasteiger partial charge in [0.05, 0.1) is 19.8 Å². The Labute approximate surface area is 204 Å². The highest BCUT2D eigenvalue weighted by Crippen LogP contribution is 2.39. The number of rotatable bonds is 10. The zero-order valence-electron chi connectivity index (χ0n) is 21.3. The molecule has 0 aliphatic carbocycles. The Morgan fingerprint density at radius 1 is 0.882 bits per heavy atom. The number of benzene rings is 2. The van der Waals surface area contributed by atoms with E-state index in [9.17, 15) is 8.42 Å². The second-order valence-corrected chi connectivity index (χ2v) is 11.2. The Morgan fingerprint density at radius 3 is 1.85 bits per heavy atom. The quantitative estimate of drug-likeness (QED) is 0.399. The van der Waals surface area contributed by atoms with Crippen LogP contribution in [0.4, 0.5) is 0 Å².